The minimum absolute atomic E-state index is 0.273. The molecule has 0 fully saturated rings. The Labute approximate surface area is 130 Å². The predicted octanol–water partition coefficient (Wildman–Crippen LogP) is 3.97. The van der Waals surface area contributed by atoms with E-state index in [2.05, 4.69) is 0 Å². The average Bonchev–Trinajstić information content (AvgIpc) is 2.47. The highest BCUT2D eigenvalue weighted by Gasteiger charge is 2.13. The number of hydrogen-bond donors (Lipinski definition) is 0. The molecular weight excluding hydrogens is 304 g/mol. The summed E-state index contributed by atoms with van der Waals surface area (Å²) in [6, 6.07) is 12.9. The summed E-state index contributed by atoms with van der Waals surface area (Å²) >= 11 is 5.96. The van der Waals surface area contributed by atoms with E-state index in [1.807, 2.05) is 6.92 Å². The van der Waals surface area contributed by atoms with Crippen LogP contribution in [-0.4, -0.2) is 5.97 Å². The molecule has 0 saturated heterocycles. The molecule has 1 heterocycles. The molecule has 3 rings (SSSR count). The number of carbonyl (C=O) groups excluding carboxylic acids is 1. The second-order valence-electron chi connectivity index (χ2n) is 4.78. The van der Waals surface area contributed by atoms with Crippen molar-refractivity contribution in [3.63, 3.8) is 0 Å². The van der Waals surface area contributed by atoms with E-state index in [0.717, 1.165) is 10.9 Å². The Balaban J connectivity index is 1.96. The minimum Gasteiger partial charge on any atom is -0.423 e. The molecule has 0 N–H and O–H groups in total. The van der Waals surface area contributed by atoms with Crippen LogP contribution >= 0.6 is 11.6 Å². The average molecular weight is 315 g/mol. The maximum Gasteiger partial charge on any atom is 0.345 e. The Morgan fingerprint density at radius 2 is 1.91 bits per heavy atom. The number of hydrogen-bond acceptors (Lipinski definition) is 4. The van der Waals surface area contributed by atoms with Crippen molar-refractivity contribution >= 4 is 28.5 Å². The van der Waals surface area contributed by atoms with Crippen LogP contribution in [0.3, 0.4) is 0 Å². The molecule has 110 valence electrons. The standard InChI is InChI=1S/C17H11ClO4/c1-10-8-16(19)22-15-9-11(6-7-12(10)15)21-17(20)13-4-2-3-5-14(13)18/h2-9H,1H3. The van der Waals surface area contributed by atoms with E-state index in [1.54, 1.807) is 36.4 Å². The zero-order chi connectivity index (χ0) is 15.7. The fraction of sp³-hybridized carbons (Fsp3) is 0.0588. The van der Waals surface area contributed by atoms with Crippen LogP contribution in [-0.2, 0) is 0 Å². The Hall–Kier alpha value is -2.59. The largest absolute Gasteiger partial charge is 0.423 e. The van der Waals surface area contributed by atoms with Crippen LogP contribution in [0.15, 0.2) is 57.7 Å². The molecular formula is C17H11ClO4. The number of benzene rings is 2. The molecule has 3 aromatic rings. The molecule has 1 aromatic heterocycles. The number of ether oxygens (including phenoxy) is 1. The van der Waals surface area contributed by atoms with E-state index in [9.17, 15) is 9.59 Å². The summed E-state index contributed by atoms with van der Waals surface area (Å²) < 4.78 is 10.4. The summed E-state index contributed by atoms with van der Waals surface area (Å²) in [6.07, 6.45) is 0. The molecule has 0 saturated carbocycles. The second kappa shape index (κ2) is 5.66. The van der Waals surface area contributed by atoms with Crippen molar-refractivity contribution in [3.05, 3.63) is 75.1 Å². The summed E-state index contributed by atoms with van der Waals surface area (Å²) in [5.41, 5.74) is 0.999. The first kappa shape index (κ1) is 14.4. The first-order valence-corrected chi connectivity index (χ1v) is 6.93. The topological polar surface area (TPSA) is 56.5 Å². The zero-order valence-electron chi connectivity index (χ0n) is 11.6. The molecule has 0 unspecified atom stereocenters. The molecule has 0 amide bonds. The third-order valence-electron chi connectivity index (χ3n) is 3.23. The molecule has 2 aromatic carbocycles. The lowest BCUT2D eigenvalue weighted by molar-refractivity contribution is 0.0735. The molecule has 0 aliphatic carbocycles. The number of esters is 1. The lowest BCUT2D eigenvalue weighted by atomic mass is 10.1. The maximum atomic E-state index is 12.1. The van der Waals surface area contributed by atoms with Crippen molar-refractivity contribution in [1.82, 2.24) is 0 Å². The van der Waals surface area contributed by atoms with Gasteiger partial charge in [0.1, 0.15) is 11.3 Å². The number of fused-ring (bicyclic) bond motifs is 1. The van der Waals surface area contributed by atoms with Gasteiger partial charge in [0.2, 0.25) is 0 Å². The first-order chi connectivity index (χ1) is 10.5. The van der Waals surface area contributed by atoms with E-state index < -0.39 is 11.6 Å². The van der Waals surface area contributed by atoms with Crippen molar-refractivity contribution in [1.29, 1.82) is 0 Å². The van der Waals surface area contributed by atoms with Crippen LogP contribution in [0.5, 0.6) is 5.75 Å². The number of rotatable bonds is 2. The van der Waals surface area contributed by atoms with E-state index in [-0.39, 0.29) is 11.3 Å². The normalized spacial score (nSPS) is 10.6. The minimum atomic E-state index is -0.569. The van der Waals surface area contributed by atoms with Gasteiger partial charge in [-0.25, -0.2) is 9.59 Å². The van der Waals surface area contributed by atoms with Gasteiger partial charge in [0.05, 0.1) is 10.6 Å². The zero-order valence-corrected chi connectivity index (χ0v) is 12.4. The van der Waals surface area contributed by atoms with Gasteiger partial charge in [-0.2, -0.15) is 0 Å². The molecule has 0 aliphatic rings. The molecule has 0 spiro atoms. The highest BCUT2D eigenvalue weighted by Crippen LogP contribution is 2.24. The van der Waals surface area contributed by atoms with Crippen LogP contribution in [0.2, 0.25) is 5.02 Å². The van der Waals surface area contributed by atoms with Gasteiger partial charge in [0, 0.05) is 17.5 Å². The fourth-order valence-corrected chi connectivity index (χ4v) is 2.37. The van der Waals surface area contributed by atoms with Crippen molar-refractivity contribution in [2.45, 2.75) is 6.92 Å². The van der Waals surface area contributed by atoms with Gasteiger partial charge in [-0.1, -0.05) is 23.7 Å². The van der Waals surface area contributed by atoms with Gasteiger partial charge in [0.15, 0.2) is 0 Å². The lowest BCUT2D eigenvalue weighted by Gasteiger charge is -2.07. The smallest absolute Gasteiger partial charge is 0.345 e. The van der Waals surface area contributed by atoms with Crippen LogP contribution in [0.4, 0.5) is 0 Å². The number of carbonyl (C=O) groups is 1. The maximum absolute atomic E-state index is 12.1. The summed E-state index contributed by atoms with van der Waals surface area (Å²) in [5.74, 6) is -0.286. The summed E-state index contributed by atoms with van der Waals surface area (Å²) in [4.78, 5) is 23.5. The van der Waals surface area contributed by atoms with Crippen molar-refractivity contribution in [3.8, 4) is 5.75 Å². The SMILES string of the molecule is Cc1cc(=O)oc2cc(OC(=O)c3ccccc3Cl)ccc12. The van der Waals surface area contributed by atoms with Crippen molar-refractivity contribution < 1.29 is 13.9 Å². The van der Waals surface area contributed by atoms with Gasteiger partial charge in [0.25, 0.3) is 0 Å². The van der Waals surface area contributed by atoms with Crippen LogP contribution < -0.4 is 10.4 Å². The molecule has 4 nitrogen and oxygen atoms in total. The first-order valence-electron chi connectivity index (χ1n) is 6.56. The van der Waals surface area contributed by atoms with E-state index in [1.165, 1.54) is 12.1 Å². The van der Waals surface area contributed by atoms with Gasteiger partial charge >= 0.3 is 11.6 Å². The van der Waals surface area contributed by atoms with Crippen LogP contribution in [0.25, 0.3) is 11.0 Å². The van der Waals surface area contributed by atoms with Gasteiger partial charge in [-0.15, -0.1) is 0 Å². The van der Waals surface area contributed by atoms with Gasteiger partial charge in [-0.05, 0) is 36.8 Å². The lowest BCUT2D eigenvalue weighted by Crippen LogP contribution is -2.09. The molecule has 0 bridgehead atoms. The highest BCUT2D eigenvalue weighted by atomic mass is 35.5. The Kier molecular flexibility index (Phi) is 3.69. The molecule has 22 heavy (non-hydrogen) atoms. The third kappa shape index (κ3) is 2.73. The number of halogens is 1. The Bertz CT molecular complexity index is 927. The summed E-state index contributed by atoms with van der Waals surface area (Å²) in [6.45, 7) is 1.81. The van der Waals surface area contributed by atoms with E-state index in [4.69, 9.17) is 20.8 Å². The highest BCUT2D eigenvalue weighted by molar-refractivity contribution is 6.33. The van der Waals surface area contributed by atoms with Crippen molar-refractivity contribution in [2.24, 2.45) is 0 Å². The molecule has 0 aliphatic heterocycles. The molecule has 5 heteroatoms. The van der Waals surface area contributed by atoms with E-state index >= 15 is 0 Å². The molecule has 0 atom stereocenters. The monoisotopic (exact) mass is 314 g/mol. The van der Waals surface area contributed by atoms with Crippen LogP contribution in [0, 0.1) is 6.92 Å². The number of aryl methyl sites for hydroxylation is 1. The fourth-order valence-electron chi connectivity index (χ4n) is 2.16. The Morgan fingerprint density at radius 1 is 1.14 bits per heavy atom. The van der Waals surface area contributed by atoms with Gasteiger partial charge < -0.3 is 9.15 Å². The Morgan fingerprint density at radius 3 is 2.68 bits per heavy atom. The summed E-state index contributed by atoms with van der Waals surface area (Å²) in [7, 11) is 0. The second-order valence-corrected chi connectivity index (χ2v) is 5.18. The quantitative estimate of drug-likeness (QED) is 0.408. The van der Waals surface area contributed by atoms with E-state index in [0.29, 0.717) is 10.6 Å². The van der Waals surface area contributed by atoms with Crippen molar-refractivity contribution in [2.75, 3.05) is 0 Å². The third-order valence-corrected chi connectivity index (χ3v) is 3.56. The van der Waals surface area contributed by atoms with Crippen LogP contribution in [0.1, 0.15) is 15.9 Å². The van der Waals surface area contributed by atoms with Gasteiger partial charge in [-0.3, -0.25) is 0 Å². The molecule has 0 radical (unpaired) electrons. The predicted molar refractivity (Wildman–Crippen MR) is 83.6 cm³/mol. The summed E-state index contributed by atoms with van der Waals surface area (Å²) in [5, 5.41) is 1.10.